The zero-order valence-electron chi connectivity index (χ0n) is 11.4. The van der Waals surface area contributed by atoms with Crippen molar-refractivity contribution >= 4 is 16.0 Å². The number of sulfonamides is 1. The molecule has 1 saturated carbocycles. The maximum Gasteiger partial charge on any atom is 0.310 e. The maximum absolute atomic E-state index is 12.2. The number of imidazole rings is 1. The SMILES string of the molecule is COC(=O)C1CCCC1S(=O)(=O)NCCn1ccnc1. The van der Waals surface area contributed by atoms with E-state index in [-0.39, 0.29) is 6.54 Å². The van der Waals surface area contributed by atoms with E-state index in [0.717, 1.165) is 6.42 Å². The van der Waals surface area contributed by atoms with Crippen molar-refractivity contribution in [2.75, 3.05) is 13.7 Å². The Balaban J connectivity index is 1.93. The van der Waals surface area contributed by atoms with Crippen LogP contribution in [0.3, 0.4) is 0 Å². The van der Waals surface area contributed by atoms with Gasteiger partial charge in [-0.1, -0.05) is 6.42 Å². The number of hydrogen-bond donors (Lipinski definition) is 1. The Morgan fingerprint density at radius 2 is 2.30 bits per heavy atom. The molecule has 20 heavy (non-hydrogen) atoms. The van der Waals surface area contributed by atoms with E-state index in [2.05, 4.69) is 14.4 Å². The molecular weight excluding hydrogens is 282 g/mol. The second-order valence-electron chi connectivity index (χ2n) is 4.84. The molecule has 112 valence electrons. The third-order valence-corrected chi connectivity index (χ3v) is 5.56. The minimum absolute atomic E-state index is 0.281. The minimum atomic E-state index is -3.50. The molecule has 0 aliphatic heterocycles. The van der Waals surface area contributed by atoms with Crippen LogP contribution in [0.2, 0.25) is 0 Å². The van der Waals surface area contributed by atoms with E-state index in [1.165, 1.54) is 7.11 Å². The van der Waals surface area contributed by atoms with Crippen molar-refractivity contribution in [3.05, 3.63) is 18.7 Å². The first kappa shape index (κ1) is 15.0. The molecule has 1 aliphatic rings. The zero-order chi connectivity index (χ0) is 14.6. The maximum atomic E-state index is 12.2. The minimum Gasteiger partial charge on any atom is -0.469 e. The highest BCUT2D eigenvalue weighted by Crippen LogP contribution is 2.31. The van der Waals surface area contributed by atoms with Gasteiger partial charge in [-0.15, -0.1) is 0 Å². The molecule has 7 nitrogen and oxygen atoms in total. The number of ether oxygens (including phenoxy) is 1. The predicted octanol–water partition coefficient (Wildman–Crippen LogP) is 0.144. The van der Waals surface area contributed by atoms with Gasteiger partial charge in [0.2, 0.25) is 10.0 Å². The van der Waals surface area contributed by atoms with Crippen molar-refractivity contribution in [2.45, 2.75) is 31.1 Å². The summed E-state index contributed by atoms with van der Waals surface area (Å²) in [5.41, 5.74) is 0. The Morgan fingerprint density at radius 3 is 2.95 bits per heavy atom. The van der Waals surface area contributed by atoms with Gasteiger partial charge in [0, 0.05) is 25.5 Å². The van der Waals surface area contributed by atoms with Gasteiger partial charge in [0.05, 0.1) is 24.6 Å². The highest BCUT2D eigenvalue weighted by molar-refractivity contribution is 7.90. The molecule has 2 rings (SSSR count). The molecule has 1 fully saturated rings. The van der Waals surface area contributed by atoms with Gasteiger partial charge in [-0.05, 0) is 12.8 Å². The number of methoxy groups -OCH3 is 1. The van der Waals surface area contributed by atoms with Gasteiger partial charge < -0.3 is 9.30 Å². The van der Waals surface area contributed by atoms with Crippen molar-refractivity contribution in [1.29, 1.82) is 0 Å². The number of nitrogens with one attached hydrogen (secondary N) is 1. The Morgan fingerprint density at radius 1 is 1.50 bits per heavy atom. The molecular formula is C12H19N3O4S. The third-order valence-electron chi connectivity index (χ3n) is 3.59. The lowest BCUT2D eigenvalue weighted by molar-refractivity contribution is -0.145. The fraction of sp³-hybridized carbons (Fsp3) is 0.667. The van der Waals surface area contributed by atoms with E-state index in [1.54, 1.807) is 23.3 Å². The summed E-state index contributed by atoms with van der Waals surface area (Å²) < 4.78 is 33.5. The fourth-order valence-corrected chi connectivity index (χ4v) is 4.31. The van der Waals surface area contributed by atoms with E-state index in [0.29, 0.717) is 19.4 Å². The Bertz CT molecular complexity index is 541. The number of carbonyl (C=O) groups excluding carboxylic acids is 1. The molecule has 0 spiro atoms. The Hall–Kier alpha value is -1.41. The first-order valence-corrected chi connectivity index (χ1v) is 8.11. The van der Waals surface area contributed by atoms with Gasteiger partial charge in [-0.3, -0.25) is 4.79 Å². The summed E-state index contributed by atoms with van der Waals surface area (Å²) in [4.78, 5) is 15.5. The van der Waals surface area contributed by atoms with Crippen molar-refractivity contribution in [1.82, 2.24) is 14.3 Å². The van der Waals surface area contributed by atoms with Gasteiger partial charge in [0.1, 0.15) is 0 Å². The molecule has 0 bridgehead atoms. The number of aromatic nitrogens is 2. The molecule has 1 heterocycles. The summed E-state index contributed by atoms with van der Waals surface area (Å²) in [5.74, 6) is -0.988. The molecule has 0 aromatic carbocycles. The molecule has 1 aromatic heterocycles. The molecule has 0 radical (unpaired) electrons. The van der Waals surface area contributed by atoms with E-state index in [9.17, 15) is 13.2 Å². The Labute approximate surface area is 118 Å². The van der Waals surface area contributed by atoms with Gasteiger partial charge in [0.25, 0.3) is 0 Å². The van der Waals surface area contributed by atoms with Crippen LogP contribution in [-0.4, -0.2) is 42.8 Å². The van der Waals surface area contributed by atoms with Gasteiger partial charge in [-0.2, -0.15) is 0 Å². The average molecular weight is 301 g/mol. The van der Waals surface area contributed by atoms with Crippen LogP contribution < -0.4 is 4.72 Å². The summed E-state index contributed by atoms with van der Waals surface area (Å²) in [6.07, 6.45) is 6.83. The van der Waals surface area contributed by atoms with Crippen molar-refractivity contribution in [3.8, 4) is 0 Å². The summed E-state index contributed by atoms with van der Waals surface area (Å²) in [6.45, 7) is 0.790. The standard InChI is InChI=1S/C12H19N3O4S/c1-19-12(16)10-3-2-4-11(10)20(17,18)14-6-8-15-7-5-13-9-15/h5,7,9-11,14H,2-4,6,8H2,1H3. The van der Waals surface area contributed by atoms with E-state index in [1.807, 2.05) is 0 Å². The van der Waals surface area contributed by atoms with Crippen LogP contribution >= 0.6 is 0 Å². The number of esters is 1. The largest absolute Gasteiger partial charge is 0.469 e. The quantitative estimate of drug-likeness (QED) is 0.755. The monoisotopic (exact) mass is 301 g/mol. The first-order chi connectivity index (χ1) is 9.54. The summed E-state index contributed by atoms with van der Waals surface area (Å²) >= 11 is 0. The van der Waals surface area contributed by atoms with E-state index < -0.39 is 27.2 Å². The summed E-state index contributed by atoms with van der Waals surface area (Å²) in [6, 6.07) is 0. The fourth-order valence-electron chi connectivity index (χ4n) is 2.56. The molecule has 0 saturated heterocycles. The van der Waals surface area contributed by atoms with Gasteiger partial charge in [-0.25, -0.2) is 18.1 Å². The Kier molecular flexibility index (Phi) is 4.77. The van der Waals surface area contributed by atoms with Crippen molar-refractivity contribution < 1.29 is 17.9 Å². The number of carbonyl (C=O) groups is 1. The molecule has 8 heteroatoms. The summed E-state index contributed by atoms with van der Waals surface area (Å²) in [5, 5.41) is -0.683. The predicted molar refractivity (Wildman–Crippen MR) is 72.3 cm³/mol. The molecule has 2 unspecified atom stereocenters. The smallest absolute Gasteiger partial charge is 0.310 e. The number of rotatable bonds is 6. The van der Waals surface area contributed by atoms with Crippen molar-refractivity contribution in [2.24, 2.45) is 5.92 Å². The van der Waals surface area contributed by atoms with E-state index >= 15 is 0 Å². The lowest BCUT2D eigenvalue weighted by Crippen LogP contribution is -2.40. The summed E-state index contributed by atoms with van der Waals surface area (Å²) in [7, 11) is -2.21. The van der Waals surface area contributed by atoms with Gasteiger partial charge >= 0.3 is 5.97 Å². The van der Waals surface area contributed by atoms with Crippen LogP contribution in [0.15, 0.2) is 18.7 Å². The molecule has 1 aromatic rings. The van der Waals surface area contributed by atoms with Gasteiger partial charge in [0.15, 0.2) is 0 Å². The van der Waals surface area contributed by atoms with Crippen LogP contribution in [0.5, 0.6) is 0 Å². The zero-order valence-corrected chi connectivity index (χ0v) is 12.2. The molecule has 0 amide bonds. The second kappa shape index (κ2) is 6.36. The lowest BCUT2D eigenvalue weighted by Gasteiger charge is -2.18. The number of nitrogens with zero attached hydrogens (tertiary/aromatic N) is 2. The van der Waals surface area contributed by atoms with Crippen LogP contribution in [0.25, 0.3) is 0 Å². The molecule has 1 N–H and O–H groups in total. The van der Waals surface area contributed by atoms with E-state index in [4.69, 9.17) is 0 Å². The molecule has 2 atom stereocenters. The normalized spacial score (nSPS) is 22.9. The second-order valence-corrected chi connectivity index (χ2v) is 6.82. The van der Waals surface area contributed by atoms with Crippen LogP contribution in [0.1, 0.15) is 19.3 Å². The van der Waals surface area contributed by atoms with Crippen LogP contribution in [-0.2, 0) is 26.1 Å². The highest BCUT2D eigenvalue weighted by atomic mass is 32.2. The first-order valence-electron chi connectivity index (χ1n) is 6.56. The molecule has 1 aliphatic carbocycles. The number of hydrogen-bond acceptors (Lipinski definition) is 5. The highest BCUT2D eigenvalue weighted by Gasteiger charge is 2.41. The van der Waals surface area contributed by atoms with Crippen LogP contribution in [0, 0.1) is 5.92 Å². The van der Waals surface area contributed by atoms with Crippen molar-refractivity contribution in [3.63, 3.8) is 0 Å². The topological polar surface area (TPSA) is 90.3 Å². The van der Waals surface area contributed by atoms with Crippen LogP contribution in [0.4, 0.5) is 0 Å². The average Bonchev–Trinajstić information content (AvgIpc) is 3.08. The third kappa shape index (κ3) is 3.37. The lowest BCUT2D eigenvalue weighted by atomic mass is 10.1.